The van der Waals surface area contributed by atoms with Crippen LogP contribution in [0, 0.1) is 52.3 Å². The van der Waals surface area contributed by atoms with Crippen LogP contribution in [0.2, 0.25) is 0 Å². The fourth-order valence-electron chi connectivity index (χ4n) is 10.2. The quantitative estimate of drug-likeness (QED) is 0.378. The van der Waals surface area contributed by atoms with Gasteiger partial charge in [-0.1, -0.05) is 53.9 Å². The highest BCUT2D eigenvalue weighted by atomic mass is 16.8. The van der Waals surface area contributed by atoms with Crippen molar-refractivity contribution in [3.8, 4) is 0 Å². The molecule has 2 unspecified atom stereocenters. The minimum atomic E-state index is -0.593. The summed E-state index contributed by atoms with van der Waals surface area (Å²) < 4.78 is 13.6. The van der Waals surface area contributed by atoms with Gasteiger partial charge in [-0.25, -0.2) is 10.2 Å². The van der Waals surface area contributed by atoms with Crippen molar-refractivity contribution in [2.75, 3.05) is 0 Å². The Morgan fingerprint density at radius 1 is 0.973 bits per heavy atom. The Morgan fingerprint density at radius 2 is 1.68 bits per heavy atom. The summed E-state index contributed by atoms with van der Waals surface area (Å²) in [6.45, 7) is 16.6. The van der Waals surface area contributed by atoms with Gasteiger partial charge in [0.1, 0.15) is 0 Å². The number of urea groups is 1. The van der Waals surface area contributed by atoms with Gasteiger partial charge in [0.2, 0.25) is 0 Å². The van der Waals surface area contributed by atoms with E-state index in [0.29, 0.717) is 23.2 Å². The predicted molar refractivity (Wildman–Crippen MR) is 148 cm³/mol. The smallest absolute Gasteiger partial charge is 0.332 e. The highest BCUT2D eigenvalue weighted by Crippen LogP contribution is 2.70. The first-order valence-electron chi connectivity index (χ1n) is 15.3. The van der Waals surface area contributed by atoms with Crippen molar-refractivity contribution in [2.45, 2.75) is 131 Å². The number of nitrogens with zero attached hydrogens (tertiary/aromatic N) is 1. The molecule has 10 atom stereocenters. The van der Waals surface area contributed by atoms with E-state index >= 15 is 0 Å². The Bertz CT molecular complexity index is 902. The van der Waals surface area contributed by atoms with Crippen LogP contribution in [0.5, 0.6) is 0 Å². The summed E-state index contributed by atoms with van der Waals surface area (Å²) in [7, 11) is 0. The van der Waals surface area contributed by atoms with Crippen molar-refractivity contribution in [2.24, 2.45) is 63.1 Å². The number of carbonyl (C=O) groups excluding carboxylic acids is 1. The highest BCUT2D eigenvalue weighted by molar-refractivity contribution is 5.87. The predicted octanol–water partition coefficient (Wildman–Crippen LogP) is 6.87. The van der Waals surface area contributed by atoms with E-state index in [2.05, 4.69) is 59.0 Å². The minimum Gasteiger partial charge on any atom is -0.350 e. The van der Waals surface area contributed by atoms with Crippen LogP contribution in [0.25, 0.3) is 0 Å². The van der Waals surface area contributed by atoms with Gasteiger partial charge in [-0.15, -0.1) is 0 Å². The van der Waals surface area contributed by atoms with Crippen molar-refractivity contribution < 1.29 is 14.3 Å². The summed E-state index contributed by atoms with van der Waals surface area (Å²) >= 11 is 0. The molecule has 5 aliphatic rings. The number of nitrogens with two attached hydrogens (primary N) is 1. The first kappa shape index (κ1) is 27.4. The van der Waals surface area contributed by atoms with Crippen LogP contribution in [0.4, 0.5) is 4.79 Å². The number of hydrazone groups is 1. The number of ether oxygens (including phenoxy) is 2. The molecule has 4 saturated carbocycles. The first-order chi connectivity index (χ1) is 17.4. The third-order valence-corrected chi connectivity index (χ3v) is 11.9. The van der Waals surface area contributed by atoms with E-state index in [1.54, 1.807) is 0 Å². The van der Waals surface area contributed by atoms with E-state index in [0.717, 1.165) is 48.6 Å². The molecule has 2 amide bonds. The molecule has 4 aliphatic carbocycles. The summed E-state index contributed by atoms with van der Waals surface area (Å²) in [5.74, 6) is 4.19. The zero-order valence-corrected chi connectivity index (χ0v) is 24.5. The second kappa shape index (κ2) is 9.80. The normalized spacial score (nSPS) is 46.2. The summed E-state index contributed by atoms with van der Waals surface area (Å²) in [4.78, 5) is 11.3. The summed E-state index contributed by atoms with van der Waals surface area (Å²) in [5, 5.41) is 4.38. The maximum Gasteiger partial charge on any atom is 0.332 e. The summed E-state index contributed by atoms with van der Waals surface area (Å²) in [6.07, 6.45) is 12.6. The van der Waals surface area contributed by atoms with Crippen molar-refractivity contribution in [3.05, 3.63) is 0 Å². The molecule has 0 bridgehead atoms. The van der Waals surface area contributed by atoms with Crippen molar-refractivity contribution in [1.29, 1.82) is 0 Å². The molecule has 0 radical (unpaired) electrons. The van der Waals surface area contributed by atoms with Crippen LogP contribution in [0.1, 0.15) is 113 Å². The van der Waals surface area contributed by atoms with Gasteiger partial charge in [-0.2, -0.15) is 5.10 Å². The van der Waals surface area contributed by atoms with E-state index in [-0.39, 0.29) is 17.6 Å². The van der Waals surface area contributed by atoms with E-state index in [9.17, 15) is 4.79 Å². The molecule has 0 aromatic carbocycles. The lowest BCUT2D eigenvalue weighted by atomic mass is 9.43. The largest absolute Gasteiger partial charge is 0.350 e. The van der Waals surface area contributed by atoms with Crippen molar-refractivity contribution >= 4 is 11.7 Å². The fraction of sp³-hybridized carbons (Fsp3) is 0.935. The molecule has 6 nitrogen and oxygen atoms in total. The maximum absolute atomic E-state index is 11.3. The zero-order chi connectivity index (χ0) is 26.8. The van der Waals surface area contributed by atoms with Crippen LogP contribution in [0.3, 0.4) is 0 Å². The Labute approximate surface area is 225 Å². The summed E-state index contributed by atoms with van der Waals surface area (Å²) in [6, 6.07) is -0.593. The van der Waals surface area contributed by atoms with E-state index in [1.807, 2.05) is 0 Å². The van der Waals surface area contributed by atoms with Gasteiger partial charge < -0.3 is 15.2 Å². The number of rotatable bonds is 6. The van der Waals surface area contributed by atoms with Crippen LogP contribution in [-0.2, 0) is 9.47 Å². The van der Waals surface area contributed by atoms with Crippen LogP contribution in [0.15, 0.2) is 5.10 Å². The zero-order valence-electron chi connectivity index (χ0n) is 24.5. The molecule has 1 aliphatic heterocycles. The van der Waals surface area contributed by atoms with Gasteiger partial charge in [-0.3, -0.25) is 0 Å². The molecule has 5 rings (SSSR count). The third-order valence-electron chi connectivity index (χ3n) is 11.9. The Hall–Kier alpha value is -1.14. The molecule has 0 aromatic heterocycles. The van der Waals surface area contributed by atoms with E-state index < -0.39 is 11.8 Å². The second-order valence-corrected chi connectivity index (χ2v) is 14.9. The standard InChI is InChI=1S/C31H53N3O3/c1-18(2)9-8-10-19(3)21-11-12-22-25-23(14-16-30(21,22)6)31(7)15-13-20(33-34-28(32)35)17-24(31)26-27(25)37-29(4,5)36-26/h18-19,21-27H,8-17H2,1-7H3,(H3,32,34,35)/b33-20+/t19-,21?,22+,23+,24?,25+,26-,27-,30-,31-/m1/s1. The Morgan fingerprint density at radius 3 is 2.38 bits per heavy atom. The van der Waals surface area contributed by atoms with Gasteiger partial charge in [0, 0.05) is 5.71 Å². The first-order valence-corrected chi connectivity index (χ1v) is 15.3. The maximum atomic E-state index is 11.3. The summed E-state index contributed by atoms with van der Waals surface area (Å²) in [5.41, 5.74) is 9.46. The second-order valence-electron chi connectivity index (χ2n) is 14.9. The number of hydrogen-bond acceptors (Lipinski definition) is 4. The molecular formula is C31H53N3O3. The van der Waals surface area contributed by atoms with Crippen LogP contribution >= 0.6 is 0 Å². The van der Waals surface area contributed by atoms with Crippen molar-refractivity contribution in [1.82, 2.24) is 5.43 Å². The highest BCUT2D eigenvalue weighted by Gasteiger charge is 2.68. The third kappa shape index (κ3) is 4.77. The number of fused-ring (bicyclic) bond motifs is 8. The number of amides is 2. The molecule has 6 heteroatoms. The SMILES string of the molecule is CC(C)CCC[C@@H](C)C1CC[C@H]2[C@@H]3[C@H]4OC(C)(C)O[C@@H]4C4C/C(=N/NC(N)=O)CC[C@]4(C)[C@H]3CC[C@]12C. The van der Waals surface area contributed by atoms with Crippen LogP contribution < -0.4 is 11.2 Å². The van der Waals surface area contributed by atoms with Gasteiger partial charge >= 0.3 is 6.03 Å². The van der Waals surface area contributed by atoms with Gasteiger partial charge in [0.15, 0.2) is 5.79 Å². The van der Waals surface area contributed by atoms with Gasteiger partial charge in [0.05, 0.1) is 12.2 Å². The molecule has 0 aromatic rings. The molecule has 3 N–H and O–H groups in total. The molecule has 5 fully saturated rings. The molecule has 37 heavy (non-hydrogen) atoms. The lowest BCUT2D eigenvalue weighted by molar-refractivity contribution is -0.174. The number of carbonyl (C=O) groups is 1. The Kier molecular flexibility index (Phi) is 7.26. The minimum absolute atomic E-state index is 0.0881. The average molecular weight is 516 g/mol. The lowest BCUT2D eigenvalue weighted by Crippen LogP contribution is -2.63. The molecule has 0 spiro atoms. The molecular weight excluding hydrogens is 462 g/mol. The van der Waals surface area contributed by atoms with Crippen LogP contribution in [-0.4, -0.2) is 29.7 Å². The number of primary amides is 1. The molecule has 210 valence electrons. The molecule has 1 saturated heterocycles. The number of nitrogens with one attached hydrogen (secondary N) is 1. The Balaban J connectivity index is 1.42. The monoisotopic (exact) mass is 515 g/mol. The topological polar surface area (TPSA) is 85.9 Å². The molecule has 1 heterocycles. The van der Waals surface area contributed by atoms with E-state index in [4.69, 9.17) is 15.2 Å². The van der Waals surface area contributed by atoms with Gasteiger partial charge in [-0.05, 0) is 111 Å². The van der Waals surface area contributed by atoms with Gasteiger partial charge in [0.25, 0.3) is 0 Å². The number of hydrogen-bond donors (Lipinski definition) is 2. The fourth-order valence-corrected chi connectivity index (χ4v) is 10.2. The average Bonchev–Trinajstić information content (AvgIpc) is 3.33. The van der Waals surface area contributed by atoms with E-state index in [1.165, 1.54) is 44.9 Å². The van der Waals surface area contributed by atoms with Crippen molar-refractivity contribution in [3.63, 3.8) is 0 Å². The lowest BCUT2D eigenvalue weighted by Gasteiger charge is -2.63.